The lowest BCUT2D eigenvalue weighted by atomic mass is 9.47. The maximum atomic E-state index is 13.0. The zero-order valence-electron chi connectivity index (χ0n) is 30.2. The van der Waals surface area contributed by atoms with Crippen LogP contribution in [0.5, 0.6) is 5.75 Å². The quantitative estimate of drug-likeness (QED) is 0.116. The molecule has 3 fully saturated rings. The van der Waals surface area contributed by atoms with Crippen LogP contribution in [0.15, 0.2) is 54.1 Å². The van der Waals surface area contributed by atoms with Gasteiger partial charge in [0.2, 0.25) is 0 Å². The highest BCUT2D eigenvalue weighted by Gasteiger charge is 2.58. The van der Waals surface area contributed by atoms with Crippen LogP contribution in [0.3, 0.4) is 0 Å². The van der Waals surface area contributed by atoms with E-state index in [1.807, 2.05) is 0 Å². The summed E-state index contributed by atoms with van der Waals surface area (Å²) >= 11 is 0. The number of carbonyl (C=O) groups excluding carboxylic acids is 3. The Hall–Kier alpha value is -3.21. The molecule has 7 unspecified atom stereocenters. The predicted molar refractivity (Wildman–Crippen MR) is 193 cm³/mol. The van der Waals surface area contributed by atoms with E-state index in [4.69, 9.17) is 9.47 Å². The van der Waals surface area contributed by atoms with Crippen molar-refractivity contribution in [2.75, 3.05) is 6.61 Å². The van der Waals surface area contributed by atoms with Crippen LogP contribution in [-0.2, 0) is 9.53 Å². The van der Waals surface area contributed by atoms with E-state index in [1.54, 1.807) is 48.0 Å². The predicted octanol–water partition coefficient (Wildman–Crippen LogP) is 10.3. The Morgan fingerprint density at radius 3 is 2.39 bits per heavy atom. The standard InChI is InChI=1S/C44H56O5/c1-28(2)10-5-6-11-29-16-20-38-36-18-15-30-26-32(21-23-44(30,4)39(36)22-24-43(29,38)3)49-40(45)14-9-25-48-31-17-19-35-37(27-31)42(47)34-13-8-7-12-33(34)41(35)46/h7-8,12-13,15,17,19,27-29,32,36,38-39H,5-6,9-11,14,16,18,20-26H2,1-4H3. The number of fused-ring (bicyclic) bond motifs is 7. The normalized spacial score (nSPS) is 31.6. The van der Waals surface area contributed by atoms with E-state index in [-0.39, 0.29) is 29.1 Å². The van der Waals surface area contributed by atoms with Gasteiger partial charge in [0.25, 0.3) is 0 Å². The Morgan fingerprint density at radius 1 is 0.857 bits per heavy atom. The average molecular weight is 665 g/mol. The smallest absolute Gasteiger partial charge is 0.306 e. The van der Waals surface area contributed by atoms with Gasteiger partial charge < -0.3 is 9.47 Å². The van der Waals surface area contributed by atoms with Gasteiger partial charge >= 0.3 is 5.97 Å². The largest absolute Gasteiger partial charge is 0.494 e. The Kier molecular flexibility index (Phi) is 9.67. The summed E-state index contributed by atoms with van der Waals surface area (Å²) < 4.78 is 12.0. The van der Waals surface area contributed by atoms with Crippen molar-refractivity contribution >= 4 is 17.5 Å². The number of esters is 1. The van der Waals surface area contributed by atoms with Crippen LogP contribution in [-0.4, -0.2) is 30.2 Å². The lowest BCUT2D eigenvalue weighted by Gasteiger charge is -2.58. The van der Waals surface area contributed by atoms with E-state index in [0.717, 1.165) is 48.9 Å². The van der Waals surface area contributed by atoms with Crippen LogP contribution in [0, 0.1) is 40.4 Å². The molecule has 0 N–H and O–H groups in total. The van der Waals surface area contributed by atoms with Crippen molar-refractivity contribution in [1.82, 2.24) is 0 Å². The summed E-state index contributed by atoms with van der Waals surface area (Å²) in [5.41, 5.74) is 3.98. The second-order valence-corrected chi connectivity index (χ2v) is 17.0. The molecular formula is C44H56O5. The van der Waals surface area contributed by atoms with Crippen LogP contribution in [0.1, 0.15) is 149 Å². The summed E-state index contributed by atoms with van der Waals surface area (Å²) in [6.07, 6.45) is 18.7. The Bertz CT molecular complexity index is 1620. The van der Waals surface area contributed by atoms with E-state index in [2.05, 4.69) is 33.8 Å². The molecule has 7 atom stereocenters. The lowest BCUT2D eigenvalue weighted by Crippen LogP contribution is -2.50. The van der Waals surface area contributed by atoms with Crippen LogP contribution >= 0.6 is 0 Å². The van der Waals surface area contributed by atoms with E-state index >= 15 is 0 Å². The van der Waals surface area contributed by atoms with Crippen LogP contribution in [0.25, 0.3) is 0 Å². The summed E-state index contributed by atoms with van der Waals surface area (Å²) in [7, 11) is 0. The molecular weight excluding hydrogens is 608 g/mol. The van der Waals surface area contributed by atoms with Crippen molar-refractivity contribution in [1.29, 1.82) is 0 Å². The molecule has 0 bridgehead atoms. The number of carbonyl (C=O) groups is 3. The van der Waals surface area contributed by atoms with E-state index in [1.165, 1.54) is 57.8 Å². The number of hydrogen-bond acceptors (Lipinski definition) is 5. The molecule has 5 nitrogen and oxygen atoms in total. The minimum absolute atomic E-state index is 0.0353. The average Bonchev–Trinajstić information content (AvgIpc) is 3.43. The number of rotatable bonds is 11. The van der Waals surface area contributed by atoms with E-state index in [9.17, 15) is 14.4 Å². The number of ether oxygens (including phenoxy) is 2. The minimum Gasteiger partial charge on any atom is -0.494 e. The van der Waals surface area contributed by atoms with Crippen molar-refractivity contribution in [3.05, 3.63) is 76.4 Å². The van der Waals surface area contributed by atoms with Gasteiger partial charge in [-0.1, -0.05) is 82.9 Å². The van der Waals surface area contributed by atoms with Crippen molar-refractivity contribution in [2.24, 2.45) is 40.4 Å². The molecule has 0 saturated heterocycles. The third kappa shape index (κ3) is 6.45. The molecule has 262 valence electrons. The molecule has 5 aliphatic rings. The number of unbranched alkanes of at least 4 members (excludes halogenated alkanes) is 1. The molecule has 2 aromatic rings. The molecule has 0 spiro atoms. The van der Waals surface area contributed by atoms with Gasteiger partial charge in [-0.05, 0) is 116 Å². The zero-order chi connectivity index (χ0) is 34.3. The summed E-state index contributed by atoms with van der Waals surface area (Å²) in [5.74, 6) is 4.25. The Labute approximate surface area is 293 Å². The third-order valence-electron chi connectivity index (χ3n) is 13.8. The molecule has 0 radical (unpaired) electrons. The molecule has 5 aliphatic carbocycles. The first-order valence-electron chi connectivity index (χ1n) is 19.4. The van der Waals surface area contributed by atoms with Crippen LogP contribution in [0.4, 0.5) is 0 Å². The van der Waals surface area contributed by atoms with Gasteiger partial charge in [-0.15, -0.1) is 0 Å². The third-order valence-corrected chi connectivity index (χ3v) is 13.8. The van der Waals surface area contributed by atoms with Crippen molar-refractivity contribution in [2.45, 2.75) is 124 Å². The molecule has 5 heteroatoms. The number of allylic oxidation sites excluding steroid dienone is 1. The van der Waals surface area contributed by atoms with E-state index in [0.29, 0.717) is 52.9 Å². The van der Waals surface area contributed by atoms with Gasteiger partial charge in [-0.3, -0.25) is 14.4 Å². The number of hydrogen-bond donors (Lipinski definition) is 0. The molecule has 0 aliphatic heterocycles. The summed E-state index contributed by atoms with van der Waals surface area (Å²) in [5, 5.41) is 0. The highest BCUT2D eigenvalue weighted by atomic mass is 16.5. The van der Waals surface area contributed by atoms with Gasteiger partial charge in [0, 0.05) is 35.1 Å². The maximum absolute atomic E-state index is 13.0. The highest BCUT2D eigenvalue weighted by Crippen LogP contribution is 2.66. The lowest BCUT2D eigenvalue weighted by molar-refractivity contribution is -0.151. The molecule has 3 saturated carbocycles. The van der Waals surface area contributed by atoms with Crippen molar-refractivity contribution in [3.63, 3.8) is 0 Å². The zero-order valence-corrected chi connectivity index (χ0v) is 30.2. The fraction of sp³-hybridized carbons (Fsp3) is 0.614. The summed E-state index contributed by atoms with van der Waals surface area (Å²) in [6.45, 7) is 10.2. The van der Waals surface area contributed by atoms with Crippen LogP contribution in [0.2, 0.25) is 0 Å². The van der Waals surface area contributed by atoms with E-state index < -0.39 is 0 Å². The van der Waals surface area contributed by atoms with Gasteiger partial charge in [0.15, 0.2) is 11.6 Å². The second-order valence-electron chi connectivity index (χ2n) is 17.0. The van der Waals surface area contributed by atoms with Crippen molar-refractivity contribution in [3.8, 4) is 5.75 Å². The number of ketones is 2. The second kappa shape index (κ2) is 13.8. The Morgan fingerprint density at radius 2 is 1.61 bits per heavy atom. The van der Waals surface area contributed by atoms with Gasteiger partial charge in [0.05, 0.1) is 6.61 Å². The van der Waals surface area contributed by atoms with Crippen molar-refractivity contribution < 1.29 is 23.9 Å². The fourth-order valence-corrected chi connectivity index (χ4v) is 11.1. The van der Waals surface area contributed by atoms with Gasteiger partial charge in [-0.2, -0.15) is 0 Å². The first-order chi connectivity index (χ1) is 23.6. The summed E-state index contributed by atoms with van der Waals surface area (Å²) in [6, 6.07) is 12.0. The molecule has 49 heavy (non-hydrogen) atoms. The number of benzene rings is 2. The maximum Gasteiger partial charge on any atom is 0.306 e. The summed E-state index contributed by atoms with van der Waals surface area (Å²) in [4.78, 5) is 38.8. The molecule has 2 aromatic carbocycles. The molecule has 0 aromatic heterocycles. The van der Waals surface area contributed by atoms with Gasteiger partial charge in [-0.25, -0.2) is 0 Å². The first kappa shape index (κ1) is 34.2. The SMILES string of the molecule is CC(C)CCCCC1CCC2C3CC=C4CC(OC(=O)CCCOc5ccc6c(c5)C(=O)c5ccccc5C6=O)CCC4(C)C3CCC12C. The van der Waals surface area contributed by atoms with Crippen LogP contribution < -0.4 is 4.74 Å². The fourth-order valence-electron chi connectivity index (χ4n) is 11.1. The minimum atomic E-state index is -0.163. The Balaban J connectivity index is 0.885. The van der Waals surface area contributed by atoms with Gasteiger partial charge in [0.1, 0.15) is 11.9 Å². The monoisotopic (exact) mass is 664 g/mol. The highest BCUT2D eigenvalue weighted by molar-refractivity contribution is 6.28. The molecule has 0 heterocycles. The molecule has 0 amide bonds. The topological polar surface area (TPSA) is 69.7 Å². The first-order valence-corrected chi connectivity index (χ1v) is 19.4. The molecule has 7 rings (SSSR count).